The molecule has 2 fully saturated rings. The van der Waals surface area contributed by atoms with Gasteiger partial charge >= 0.3 is 0 Å². The minimum atomic E-state index is -1.20. The Labute approximate surface area is 143 Å². The van der Waals surface area contributed by atoms with Gasteiger partial charge in [-0.2, -0.15) is 0 Å². The third-order valence-corrected chi connectivity index (χ3v) is 5.94. The summed E-state index contributed by atoms with van der Waals surface area (Å²) in [5.74, 6) is 0.811. The minimum absolute atomic E-state index is 0.337. The second-order valence-electron chi connectivity index (χ2n) is 7.16. The molecule has 3 rings (SSSR count). The number of carbonyl (C=O) groups excluding carboxylic acids is 1. The van der Waals surface area contributed by atoms with Crippen LogP contribution >= 0.6 is 0 Å². The van der Waals surface area contributed by atoms with Crippen molar-refractivity contribution in [3.63, 3.8) is 0 Å². The number of likely N-dealkylation sites (tertiary alicyclic amines) is 1. The van der Waals surface area contributed by atoms with Gasteiger partial charge in [0.25, 0.3) is 0 Å². The number of aliphatic hydroxyl groups is 2. The van der Waals surface area contributed by atoms with Crippen molar-refractivity contribution in [3.05, 3.63) is 29.8 Å². The average molecular weight is 333 g/mol. The van der Waals surface area contributed by atoms with Crippen molar-refractivity contribution in [2.24, 2.45) is 0 Å². The molecule has 0 radical (unpaired) electrons. The number of benzene rings is 1. The van der Waals surface area contributed by atoms with Crippen LogP contribution in [0.15, 0.2) is 24.3 Å². The van der Waals surface area contributed by atoms with Crippen molar-refractivity contribution >= 4 is 6.41 Å². The minimum Gasteiger partial charge on any atom is -0.497 e. The summed E-state index contributed by atoms with van der Waals surface area (Å²) in [5.41, 5.74) is -1.12. The zero-order chi connectivity index (χ0) is 17.2. The zero-order valence-electron chi connectivity index (χ0n) is 14.3. The van der Waals surface area contributed by atoms with Crippen LogP contribution in [0.3, 0.4) is 0 Å². The van der Waals surface area contributed by atoms with Crippen molar-refractivity contribution in [2.75, 3.05) is 13.7 Å². The molecule has 1 saturated heterocycles. The fraction of sp³-hybridized carbons (Fsp3) is 0.632. The van der Waals surface area contributed by atoms with Gasteiger partial charge in [-0.15, -0.1) is 0 Å². The molecule has 3 atom stereocenters. The lowest BCUT2D eigenvalue weighted by Crippen LogP contribution is -2.71. The number of fused-ring (bicyclic) bond motifs is 1. The molecule has 1 aromatic rings. The molecule has 1 amide bonds. The van der Waals surface area contributed by atoms with Gasteiger partial charge in [0.1, 0.15) is 11.4 Å². The summed E-state index contributed by atoms with van der Waals surface area (Å²) < 4.78 is 5.17. The largest absolute Gasteiger partial charge is 0.497 e. The third-order valence-electron chi connectivity index (χ3n) is 5.94. The van der Waals surface area contributed by atoms with Crippen LogP contribution in [-0.2, 0) is 11.2 Å². The van der Waals surface area contributed by atoms with Crippen LogP contribution in [0, 0.1) is 0 Å². The molecule has 1 aliphatic heterocycles. The Balaban J connectivity index is 1.77. The van der Waals surface area contributed by atoms with Gasteiger partial charge in [0, 0.05) is 6.54 Å². The van der Waals surface area contributed by atoms with Crippen molar-refractivity contribution < 1.29 is 19.7 Å². The molecule has 2 N–H and O–H groups in total. The van der Waals surface area contributed by atoms with Crippen molar-refractivity contribution in [1.29, 1.82) is 0 Å². The lowest BCUT2D eigenvalue weighted by atomic mass is 9.63. The van der Waals surface area contributed by atoms with Crippen LogP contribution in [0.1, 0.15) is 44.1 Å². The van der Waals surface area contributed by atoms with Gasteiger partial charge in [-0.1, -0.05) is 25.0 Å². The first-order chi connectivity index (χ1) is 11.5. The van der Waals surface area contributed by atoms with E-state index in [2.05, 4.69) is 0 Å². The maximum Gasteiger partial charge on any atom is 0.210 e. The van der Waals surface area contributed by atoms with Crippen LogP contribution in [0.2, 0.25) is 0 Å². The Bertz CT molecular complexity index is 575. The number of nitrogens with zero attached hydrogens (tertiary/aromatic N) is 1. The first kappa shape index (κ1) is 17.2. The first-order valence-corrected chi connectivity index (χ1v) is 8.81. The number of aryl methyl sites for hydroxylation is 1. The predicted molar refractivity (Wildman–Crippen MR) is 90.9 cm³/mol. The lowest BCUT2D eigenvalue weighted by Gasteiger charge is -2.57. The highest BCUT2D eigenvalue weighted by Crippen LogP contribution is 2.47. The summed E-state index contributed by atoms with van der Waals surface area (Å²) in [6.45, 7) is 0.510. The van der Waals surface area contributed by atoms with E-state index in [4.69, 9.17) is 4.74 Å². The predicted octanol–water partition coefficient (Wildman–Crippen LogP) is 1.89. The van der Waals surface area contributed by atoms with E-state index in [9.17, 15) is 15.0 Å². The second-order valence-corrected chi connectivity index (χ2v) is 7.16. The molecule has 1 heterocycles. The smallest absolute Gasteiger partial charge is 0.210 e. The highest BCUT2D eigenvalue weighted by atomic mass is 16.5. The summed E-state index contributed by atoms with van der Waals surface area (Å²) in [4.78, 5) is 13.2. The van der Waals surface area contributed by atoms with Crippen LogP contribution < -0.4 is 4.74 Å². The van der Waals surface area contributed by atoms with Crippen LogP contribution in [0.5, 0.6) is 5.75 Å². The monoisotopic (exact) mass is 333 g/mol. The molecule has 0 spiro atoms. The number of amides is 1. The molecule has 132 valence electrons. The van der Waals surface area contributed by atoms with E-state index >= 15 is 0 Å². The summed E-state index contributed by atoms with van der Waals surface area (Å²) in [6.07, 6.45) is 5.68. The molecule has 5 nitrogen and oxygen atoms in total. The topological polar surface area (TPSA) is 70.0 Å². The van der Waals surface area contributed by atoms with E-state index in [0.717, 1.165) is 37.0 Å². The molecular formula is C19H27NO4. The van der Waals surface area contributed by atoms with E-state index in [-0.39, 0.29) is 6.04 Å². The van der Waals surface area contributed by atoms with Gasteiger partial charge in [-0.05, 0) is 49.8 Å². The Morgan fingerprint density at radius 3 is 2.58 bits per heavy atom. The Kier molecular flexibility index (Phi) is 4.83. The molecule has 1 saturated carbocycles. The van der Waals surface area contributed by atoms with Gasteiger partial charge in [0.2, 0.25) is 6.41 Å². The van der Waals surface area contributed by atoms with Crippen molar-refractivity contribution in [3.8, 4) is 5.75 Å². The Morgan fingerprint density at radius 2 is 1.92 bits per heavy atom. The fourth-order valence-corrected chi connectivity index (χ4v) is 4.45. The van der Waals surface area contributed by atoms with Crippen molar-refractivity contribution in [2.45, 2.75) is 62.2 Å². The highest BCUT2D eigenvalue weighted by molar-refractivity contribution is 5.49. The first-order valence-electron chi connectivity index (χ1n) is 8.81. The summed E-state index contributed by atoms with van der Waals surface area (Å²) in [7, 11) is 1.64. The molecular weight excluding hydrogens is 306 g/mol. The number of methoxy groups -OCH3 is 1. The maximum absolute atomic E-state index is 11.5. The lowest BCUT2D eigenvalue weighted by molar-refractivity contribution is -0.231. The van der Waals surface area contributed by atoms with Gasteiger partial charge in [0.05, 0.1) is 18.8 Å². The van der Waals surface area contributed by atoms with Crippen LogP contribution in [-0.4, -0.2) is 52.4 Å². The maximum atomic E-state index is 11.5. The van der Waals surface area contributed by atoms with E-state index < -0.39 is 11.2 Å². The molecule has 0 aromatic heterocycles. The van der Waals surface area contributed by atoms with Gasteiger partial charge < -0.3 is 19.8 Å². The molecule has 0 bridgehead atoms. The number of ether oxygens (including phenoxy) is 1. The van der Waals surface area contributed by atoms with E-state index in [0.29, 0.717) is 32.2 Å². The average Bonchev–Trinajstić information content (AvgIpc) is 2.60. The highest BCUT2D eigenvalue weighted by Gasteiger charge is 2.58. The van der Waals surface area contributed by atoms with Crippen LogP contribution in [0.25, 0.3) is 0 Å². The Hall–Kier alpha value is -1.59. The van der Waals surface area contributed by atoms with Gasteiger partial charge in [-0.25, -0.2) is 0 Å². The van der Waals surface area contributed by atoms with Gasteiger partial charge in [-0.3, -0.25) is 4.79 Å². The summed E-state index contributed by atoms with van der Waals surface area (Å²) in [6, 6.07) is 7.50. The second kappa shape index (κ2) is 6.73. The zero-order valence-corrected chi connectivity index (χ0v) is 14.3. The third kappa shape index (κ3) is 2.91. The van der Waals surface area contributed by atoms with Crippen LogP contribution in [0.4, 0.5) is 0 Å². The van der Waals surface area contributed by atoms with E-state index in [1.54, 1.807) is 12.0 Å². The number of hydrogen-bond donors (Lipinski definition) is 2. The Morgan fingerprint density at radius 1 is 1.21 bits per heavy atom. The number of hydrogen-bond acceptors (Lipinski definition) is 4. The standard InChI is InChI=1S/C19H27NO4/c1-24-16-7-4-15(5-8-16)6-9-17-19(23)11-3-2-10-18(19,22)12-13-20(17)14-21/h4-5,7-8,14,17,22-23H,2-3,6,9-13H2,1H3/t17-,18-,19-/m0/s1. The van der Waals surface area contributed by atoms with Gasteiger partial charge in [0.15, 0.2) is 0 Å². The SMILES string of the molecule is COc1ccc(CC[C@@H]2N(C=O)CC[C@@]3(O)CCCC[C@]23O)cc1. The van der Waals surface area contributed by atoms with E-state index in [1.165, 1.54) is 0 Å². The molecule has 0 unspecified atom stereocenters. The summed E-state index contributed by atoms with van der Waals surface area (Å²) in [5, 5.41) is 22.3. The number of rotatable bonds is 5. The molecule has 1 aliphatic carbocycles. The van der Waals surface area contributed by atoms with E-state index in [1.807, 2.05) is 24.3 Å². The summed E-state index contributed by atoms with van der Waals surface area (Å²) >= 11 is 0. The molecule has 2 aliphatic rings. The number of piperidine rings is 1. The van der Waals surface area contributed by atoms with Crippen molar-refractivity contribution in [1.82, 2.24) is 4.90 Å². The quantitative estimate of drug-likeness (QED) is 0.808. The molecule has 1 aromatic carbocycles. The molecule has 5 heteroatoms. The fourth-order valence-electron chi connectivity index (χ4n) is 4.45. The molecule has 24 heavy (non-hydrogen) atoms. The normalized spacial score (nSPS) is 33.0. The number of carbonyl (C=O) groups is 1.